The average molecular weight is 205 g/mol. The van der Waals surface area contributed by atoms with Gasteiger partial charge in [0.1, 0.15) is 0 Å². The molecule has 1 aliphatic rings. The molecule has 1 fully saturated rings. The highest BCUT2D eigenvalue weighted by atomic mass is 19.3. The third-order valence-electron chi connectivity index (χ3n) is 3.81. The molecule has 0 bridgehead atoms. The first-order valence-electron chi connectivity index (χ1n) is 5.31. The van der Waals surface area contributed by atoms with E-state index in [1.54, 1.807) is 7.05 Å². The number of hydrogen-bond donors (Lipinski definition) is 1. The summed E-state index contributed by atoms with van der Waals surface area (Å²) in [7, 11) is 1.65. The molecule has 0 aromatic rings. The third kappa shape index (κ3) is 1.92. The van der Waals surface area contributed by atoms with Crippen molar-refractivity contribution < 1.29 is 8.78 Å². The molecule has 1 nitrogen and oxygen atoms in total. The largest absolute Gasteiger partial charge is 0.309 e. The Morgan fingerprint density at radius 1 is 1.29 bits per heavy atom. The van der Waals surface area contributed by atoms with Crippen LogP contribution in [0.1, 0.15) is 40.0 Å². The number of alkyl halides is 2. The van der Waals surface area contributed by atoms with Gasteiger partial charge in [-0.25, -0.2) is 8.78 Å². The van der Waals surface area contributed by atoms with Crippen molar-refractivity contribution in [3.05, 3.63) is 0 Å². The second kappa shape index (κ2) is 3.76. The monoisotopic (exact) mass is 205 g/mol. The van der Waals surface area contributed by atoms with Crippen LogP contribution < -0.4 is 5.32 Å². The van der Waals surface area contributed by atoms with Gasteiger partial charge in [0.05, 0.1) is 5.54 Å². The lowest BCUT2D eigenvalue weighted by Crippen LogP contribution is -2.58. The maximum absolute atomic E-state index is 13.0. The molecular weight excluding hydrogens is 184 g/mol. The molecule has 0 amide bonds. The number of nitrogens with one attached hydrogen (secondary N) is 1. The lowest BCUT2D eigenvalue weighted by molar-refractivity contribution is -0.0446. The predicted molar refractivity (Wildman–Crippen MR) is 54.6 cm³/mol. The Morgan fingerprint density at radius 2 is 1.86 bits per heavy atom. The van der Waals surface area contributed by atoms with Gasteiger partial charge in [-0.2, -0.15) is 0 Å². The van der Waals surface area contributed by atoms with Crippen molar-refractivity contribution in [1.82, 2.24) is 5.32 Å². The summed E-state index contributed by atoms with van der Waals surface area (Å²) < 4.78 is 26.0. The quantitative estimate of drug-likeness (QED) is 0.730. The molecular formula is C11H21F2N. The lowest BCUT2D eigenvalue weighted by Gasteiger charge is -2.47. The van der Waals surface area contributed by atoms with Crippen molar-refractivity contribution in [2.24, 2.45) is 11.3 Å². The van der Waals surface area contributed by atoms with E-state index in [9.17, 15) is 8.78 Å². The zero-order valence-corrected chi connectivity index (χ0v) is 9.53. The summed E-state index contributed by atoms with van der Waals surface area (Å²) in [6.07, 6.45) is 0.0642. The fourth-order valence-electron chi connectivity index (χ4n) is 2.71. The van der Waals surface area contributed by atoms with Crippen LogP contribution in [0.15, 0.2) is 0 Å². The van der Waals surface area contributed by atoms with Crippen LogP contribution in [0.3, 0.4) is 0 Å². The first-order valence-corrected chi connectivity index (χ1v) is 5.31. The van der Waals surface area contributed by atoms with Crippen molar-refractivity contribution in [3.63, 3.8) is 0 Å². The summed E-state index contributed by atoms with van der Waals surface area (Å²) in [5.41, 5.74) is -0.732. The molecule has 3 heteroatoms. The maximum atomic E-state index is 13.0. The van der Waals surface area contributed by atoms with Gasteiger partial charge in [-0.3, -0.25) is 0 Å². The molecule has 2 unspecified atom stereocenters. The van der Waals surface area contributed by atoms with Gasteiger partial charge in [0.15, 0.2) is 0 Å². The fraction of sp³-hybridized carbons (Fsp3) is 1.00. The molecule has 0 spiro atoms. The topological polar surface area (TPSA) is 12.0 Å². The molecule has 1 aliphatic carbocycles. The Hall–Kier alpha value is -0.180. The van der Waals surface area contributed by atoms with E-state index in [4.69, 9.17) is 0 Å². The molecule has 1 rings (SSSR count). The highest BCUT2D eigenvalue weighted by molar-refractivity contribution is 5.00. The lowest BCUT2D eigenvalue weighted by atomic mass is 9.64. The summed E-state index contributed by atoms with van der Waals surface area (Å²) in [6, 6.07) is 0. The van der Waals surface area contributed by atoms with Gasteiger partial charge < -0.3 is 5.32 Å². The van der Waals surface area contributed by atoms with Crippen LogP contribution in [-0.2, 0) is 0 Å². The Morgan fingerprint density at radius 3 is 2.21 bits per heavy atom. The molecule has 1 saturated carbocycles. The Kier molecular flexibility index (Phi) is 3.20. The second-order valence-corrected chi connectivity index (χ2v) is 5.36. The summed E-state index contributed by atoms with van der Waals surface area (Å²) in [5, 5.41) is 2.85. The molecule has 84 valence electrons. The van der Waals surface area contributed by atoms with E-state index in [0.29, 0.717) is 6.42 Å². The average Bonchev–Trinajstić information content (AvgIpc) is 2.03. The normalized spacial score (nSPS) is 37.5. The maximum Gasteiger partial charge on any atom is 0.256 e. The minimum absolute atomic E-state index is 0.0382. The van der Waals surface area contributed by atoms with E-state index in [2.05, 4.69) is 19.2 Å². The number of halogens is 2. The highest BCUT2D eigenvalue weighted by Crippen LogP contribution is 2.46. The zero-order valence-electron chi connectivity index (χ0n) is 9.53. The zero-order chi connectivity index (χ0) is 11.0. The molecule has 0 aliphatic heterocycles. The molecule has 0 aromatic carbocycles. The number of rotatable bonds is 2. The van der Waals surface area contributed by atoms with Crippen molar-refractivity contribution in [3.8, 4) is 0 Å². The third-order valence-corrected chi connectivity index (χ3v) is 3.81. The molecule has 1 N–H and O–H groups in total. The minimum Gasteiger partial charge on any atom is -0.309 e. The van der Waals surface area contributed by atoms with E-state index in [0.717, 1.165) is 12.8 Å². The van der Waals surface area contributed by atoms with Gasteiger partial charge >= 0.3 is 0 Å². The van der Waals surface area contributed by atoms with Crippen LogP contribution in [0.2, 0.25) is 0 Å². The standard InChI is InChI=1S/C11H21F2N/c1-8-7-10(2,3)5-6-11(8,14-4)9(12)13/h8-9,14H,5-7H2,1-4H3. The molecule has 0 heterocycles. The van der Waals surface area contributed by atoms with E-state index in [1.807, 2.05) is 6.92 Å². The Labute approximate surface area is 85.3 Å². The predicted octanol–water partition coefficient (Wildman–Crippen LogP) is 3.06. The molecule has 2 atom stereocenters. The van der Waals surface area contributed by atoms with E-state index >= 15 is 0 Å². The van der Waals surface area contributed by atoms with Crippen LogP contribution >= 0.6 is 0 Å². The first kappa shape index (κ1) is 11.9. The SMILES string of the molecule is CNC1(C(F)F)CCC(C)(C)CC1C. The summed E-state index contributed by atoms with van der Waals surface area (Å²) in [6.45, 7) is 6.26. The van der Waals surface area contributed by atoms with Gasteiger partial charge in [-0.05, 0) is 37.6 Å². The van der Waals surface area contributed by atoms with E-state index < -0.39 is 12.0 Å². The van der Waals surface area contributed by atoms with Crippen molar-refractivity contribution in [2.75, 3.05) is 7.05 Å². The van der Waals surface area contributed by atoms with Crippen molar-refractivity contribution in [1.29, 1.82) is 0 Å². The van der Waals surface area contributed by atoms with Gasteiger partial charge in [0.2, 0.25) is 0 Å². The Balaban J connectivity index is 2.82. The van der Waals surface area contributed by atoms with Crippen LogP contribution in [0, 0.1) is 11.3 Å². The molecule has 0 saturated heterocycles. The van der Waals surface area contributed by atoms with Crippen LogP contribution in [0.4, 0.5) is 8.78 Å². The Bertz CT molecular complexity index is 203. The van der Waals surface area contributed by atoms with Crippen LogP contribution in [0.25, 0.3) is 0 Å². The molecule has 0 radical (unpaired) electrons. The van der Waals surface area contributed by atoms with Gasteiger partial charge in [0.25, 0.3) is 6.43 Å². The van der Waals surface area contributed by atoms with Crippen LogP contribution in [-0.4, -0.2) is 19.0 Å². The smallest absolute Gasteiger partial charge is 0.256 e. The van der Waals surface area contributed by atoms with Gasteiger partial charge in [0, 0.05) is 0 Å². The van der Waals surface area contributed by atoms with E-state index in [-0.39, 0.29) is 11.3 Å². The minimum atomic E-state index is -2.27. The fourth-order valence-corrected chi connectivity index (χ4v) is 2.71. The highest BCUT2D eigenvalue weighted by Gasteiger charge is 2.48. The van der Waals surface area contributed by atoms with Crippen molar-refractivity contribution >= 4 is 0 Å². The number of hydrogen-bond acceptors (Lipinski definition) is 1. The summed E-state index contributed by atoms with van der Waals surface area (Å²) >= 11 is 0. The van der Waals surface area contributed by atoms with Crippen molar-refractivity contribution in [2.45, 2.75) is 52.0 Å². The van der Waals surface area contributed by atoms with Gasteiger partial charge in [-0.15, -0.1) is 0 Å². The first-order chi connectivity index (χ1) is 6.34. The second-order valence-electron chi connectivity index (χ2n) is 5.36. The van der Waals surface area contributed by atoms with E-state index in [1.165, 1.54) is 0 Å². The molecule has 14 heavy (non-hydrogen) atoms. The summed E-state index contributed by atoms with van der Waals surface area (Å²) in [5.74, 6) is 0.0382. The van der Waals surface area contributed by atoms with Gasteiger partial charge in [-0.1, -0.05) is 20.8 Å². The van der Waals surface area contributed by atoms with Crippen LogP contribution in [0.5, 0.6) is 0 Å². The molecule has 0 aromatic heterocycles. The summed E-state index contributed by atoms with van der Waals surface area (Å²) in [4.78, 5) is 0.